The first-order valence-corrected chi connectivity index (χ1v) is 12.2. The van der Waals surface area contributed by atoms with E-state index in [1.165, 1.54) is 18.3 Å². The van der Waals surface area contributed by atoms with E-state index in [0.717, 1.165) is 23.5 Å². The number of anilines is 2. The second kappa shape index (κ2) is 11.5. The van der Waals surface area contributed by atoms with Crippen molar-refractivity contribution in [3.8, 4) is 5.75 Å². The molecular weight excluding hydrogens is 470 g/mol. The van der Waals surface area contributed by atoms with Gasteiger partial charge in [-0.3, -0.25) is 24.7 Å². The average molecular weight is 500 g/mol. The normalized spacial score (nSPS) is 13.9. The Labute approximate surface area is 207 Å². The molecule has 1 saturated heterocycles. The van der Waals surface area contributed by atoms with Crippen LogP contribution in [0.3, 0.4) is 0 Å². The van der Waals surface area contributed by atoms with E-state index < -0.39 is 0 Å². The van der Waals surface area contributed by atoms with E-state index in [1.807, 2.05) is 19.1 Å². The number of methoxy groups -OCH3 is 1. The van der Waals surface area contributed by atoms with Crippen molar-refractivity contribution >= 4 is 44.1 Å². The summed E-state index contributed by atoms with van der Waals surface area (Å²) in [5.41, 5.74) is 2.82. The molecule has 0 saturated carbocycles. The van der Waals surface area contributed by atoms with Crippen molar-refractivity contribution in [3.05, 3.63) is 41.7 Å². The number of ketones is 1. The molecule has 3 heterocycles. The highest BCUT2D eigenvalue weighted by atomic mass is 32.1. The number of amides is 1. The number of thiazole rings is 1. The SMILES string of the molecule is CCON(CC(C)=O)Cc1cc(C(=O)Nc2nc3c(OC)ccc(N4CCOCC4)c3s2)ccn1. The average Bonchev–Trinajstić information content (AvgIpc) is 3.27. The molecule has 10 nitrogen and oxygen atoms in total. The van der Waals surface area contributed by atoms with Gasteiger partial charge in [0.1, 0.15) is 17.0 Å². The number of fused-ring (bicyclic) bond motifs is 1. The number of benzene rings is 1. The maximum atomic E-state index is 13.0. The highest BCUT2D eigenvalue weighted by Gasteiger charge is 2.20. The van der Waals surface area contributed by atoms with Gasteiger partial charge in [0.25, 0.3) is 5.91 Å². The number of hydrogen-bond donors (Lipinski definition) is 1. The van der Waals surface area contributed by atoms with Crippen molar-refractivity contribution in [2.24, 2.45) is 0 Å². The van der Waals surface area contributed by atoms with Gasteiger partial charge in [-0.1, -0.05) is 11.3 Å². The molecule has 1 aliphatic heterocycles. The van der Waals surface area contributed by atoms with Gasteiger partial charge in [0.2, 0.25) is 0 Å². The second-order valence-corrected chi connectivity index (χ2v) is 8.99. The van der Waals surface area contributed by atoms with E-state index in [4.69, 9.17) is 14.3 Å². The van der Waals surface area contributed by atoms with Crippen molar-refractivity contribution in [2.45, 2.75) is 20.4 Å². The molecule has 1 N–H and O–H groups in total. The van der Waals surface area contributed by atoms with Crippen molar-refractivity contribution in [1.29, 1.82) is 0 Å². The first kappa shape index (κ1) is 25.0. The smallest absolute Gasteiger partial charge is 0.257 e. The van der Waals surface area contributed by atoms with Crippen LogP contribution in [0.2, 0.25) is 0 Å². The molecule has 1 aliphatic rings. The number of nitrogens with zero attached hydrogens (tertiary/aromatic N) is 4. The Morgan fingerprint density at radius 2 is 2.06 bits per heavy atom. The van der Waals surface area contributed by atoms with Crippen LogP contribution in [0.4, 0.5) is 10.8 Å². The summed E-state index contributed by atoms with van der Waals surface area (Å²) in [5, 5.41) is 4.93. The maximum Gasteiger partial charge on any atom is 0.257 e. The Morgan fingerprint density at radius 1 is 1.26 bits per heavy atom. The predicted octanol–water partition coefficient (Wildman–Crippen LogP) is 3.13. The van der Waals surface area contributed by atoms with Gasteiger partial charge < -0.3 is 14.4 Å². The van der Waals surface area contributed by atoms with Crippen LogP contribution < -0.4 is 15.0 Å². The molecule has 186 valence electrons. The fourth-order valence-electron chi connectivity index (χ4n) is 3.88. The minimum atomic E-state index is -0.297. The molecule has 0 spiro atoms. The summed E-state index contributed by atoms with van der Waals surface area (Å²) in [4.78, 5) is 41.3. The molecule has 0 aliphatic carbocycles. The fraction of sp³-hybridized carbons (Fsp3) is 0.417. The molecule has 1 amide bonds. The van der Waals surface area contributed by atoms with E-state index in [9.17, 15) is 9.59 Å². The van der Waals surface area contributed by atoms with Gasteiger partial charge in [-0.05, 0) is 38.1 Å². The zero-order valence-electron chi connectivity index (χ0n) is 20.1. The van der Waals surface area contributed by atoms with E-state index in [-0.39, 0.29) is 24.8 Å². The van der Waals surface area contributed by atoms with Crippen LogP contribution in [0, 0.1) is 0 Å². The van der Waals surface area contributed by atoms with Crippen molar-refractivity contribution in [2.75, 3.05) is 56.8 Å². The summed E-state index contributed by atoms with van der Waals surface area (Å²) in [7, 11) is 1.61. The van der Waals surface area contributed by atoms with Crippen LogP contribution in [0.15, 0.2) is 30.5 Å². The molecule has 2 aromatic heterocycles. The summed E-state index contributed by atoms with van der Waals surface area (Å²) in [5.74, 6) is 0.339. The van der Waals surface area contributed by atoms with Crippen LogP contribution in [-0.4, -0.2) is 73.3 Å². The van der Waals surface area contributed by atoms with Crippen LogP contribution in [0.1, 0.15) is 29.9 Å². The minimum absolute atomic E-state index is 0.0185. The van der Waals surface area contributed by atoms with E-state index in [0.29, 0.717) is 47.5 Å². The van der Waals surface area contributed by atoms with Crippen LogP contribution >= 0.6 is 11.3 Å². The number of morpholine rings is 1. The van der Waals surface area contributed by atoms with Gasteiger partial charge in [0, 0.05) is 24.8 Å². The molecule has 35 heavy (non-hydrogen) atoms. The molecule has 0 radical (unpaired) electrons. The van der Waals surface area contributed by atoms with Gasteiger partial charge in [-0.2, -0.15) is 5.06 Å². The third kappa shape index (κ3) is 6.12. The number of hydrogen-bond acceptors (Lipinski definition) is 10. The molecule has 3 aromatic rings. The standard InChI is InChI=1S/C24H29N5O5S/c1-4-34-29(14-16(2)30)15-18-13-17(7-8-25-18)23(31)27-24-26-21-20(32-3)6-5-19(22(21)35-24)28-9-11-33-12-10-28/h5-8,13H,4,9-12,14-15H2,1-3H3,(H,26,27,31). The van der Waals surface area contributed by atoms with Gasteiger partial charge in [0.05, 0.1) is 56.1 Å². The van der Waals surface area contributed by atoms with Crippen LogP contribution in [0.5, 0.6) is 5.75 Å². The quantitative estimate of drug-likeness (QED) is 0.421. The maximum absolute atomic E-state index is 13.0. The number of pyridine rings is 1. The molecule has 0 unspecified atom stereocenters. The van der Waals surface area contributed by atoms with Crippen molar-refractivity contribution in [1.82, 2.24) is 15.0 Å². The third-order valence-electron chi connectivity index (χ3n) is 5.41. The van der Waals surface area contributed by atoms with Crippen LogP contribution in [-0.2, 0) is 20.9 Å². The first-order valence-electron chi connectivity index (χ1n) is 11.4. The lowest BCUT2D eigenvalue weighted by molar-refractivity contribution is -0.168. The fourth-order valence-corrected chi connectivity index (χ4v) is 4.89. The largest absolute Gasteiger partial charge is 0.494 e. The Hall–Kier alpha value is -3.12. The Kier molecular flexibility index (Phi) is 8.24. The number of Topliss-reactive ketones (excluding diaryl/α,β-unsaturated/α-hetero) is 1. The zero-order valence-corrected chi connectivity index (χ0v) is 20.9. The van der Waals surface area contributed by atoms with Gasteiger partial charge in [-0.25, -0.2) is 4.98 Å². The molecule has 0 bridgehead atoms. The zero-order chi connectivity index (χ0) is 24.8. The predicted molar refractivity (Wildman–Crippen MR) is 134 cm³/mol. The van der Waals surface area contributed by atoms with Crippen LogP contribution in [0.25, 0.3) is 10.2 Å². The highest BCUT2D eigenvalue weighted by Crippen LogP contribution is 2.39. The molecule has 1 fully saturated rings. The summed E-state index contributed by atoms with van der Waals surface area (Å²) in [6, 6.07) is 7.26. The van der Waals surface area contributed by atoms with E-state index in [1.54, 1.807) is 30.5 Å². The molecule has 4 rings (SSSR count). The summed E-state index contributed by atoms with van der Waals surface area (Å²) >= 11 is 1.41. The summed E-state index contributed by atoms with van der Waals surface area (Å²) < 4.78 is 11.9. The number of carbonyl (C=O) groups excluding carboxylic acids is 2. The first-order chi connectivity index (χ1) is 17.0. The minimum Gasteiger partial charge on any atom is -0.494 e. The Morgan fingerprint density at radius 3 is 2.77 bits per heavy atom. The number of hydroxylamine groups is 2. The number of nitrogens with one attached hydrogen (secondary N) is 1. The highest BCUT2D eigenvalue weighted by molar-refractivity contribution is 7.23. The molecule has 0 atom stereocenters. The van der Waals surface area contributed by atoms with Gasteiger partial charge in [0.15, 0.2) is 5.13 Å². The van der Waals surface area contributed by atoms with E-state index >= 15 is 0 Å². The lowest BCUT2D eigenvalue weighted by Crippen LogP contribution is -2.36. The third-order valence-corrected chi connectivity index (χ3v) is 6.40. The summed E-state index contributed by atoms with van der Waals surface area (Å²) in [6.45, 7) is 7.15. The molecule has 11 heteroatoms. The lowest BCUT2D eigenvalue weighted by Gasteiger charge is -2.29. The number of carbonyl (C=O) groups is 2. The second-order valence-electron chi connectivity index (χ2n) is 7.99. The topological polar surface area (TPSA) is 106 Å². The number of rotatable bonds is 10. The van der Waals surface area contributed by atoms with Gasteiger partial charge in [-0.15, -0.1) is 0 Å². The van der Waals surface area contributed by atoms with Crippen molar-refractivity contribution in [3.63, 3.8) is 0 Å². The lowest BCUT2D eigenvalue weighted by atomic mass is 10.2. The van der Waals surface area contributed by atoms with Crippen molar-refractivity contribution < 1.29 is 23.9 Å². The monoisotopic (exact) mass is 499 g/mol. The molecule has 1 aromatic carbocycles. The van der Waals surface area contributed by atoms with E-state index in [2.05, 4.69) is 20.2 Å². The van der Waals surface area contributed by atoms with Gasteiger partial charge >= 0.3 is 0 Å². The number of aromatic nitrogens is 2. The summed E-state index contributed by atoms with van der Waals surface area (Å²) in [6.07, 6.45) is 1.57. The number of ether oxygens (including phenoxy) is 2. The Bertz CT molecular complexity index is 1190. The molecular formula is C24H29N5O5S. The Balaban J connectivity index is 1.54.